The number of hydrogen-bond donors (Lipinski definition) is 2. The number of imidazole rings is 1. The zero-order chi connectivity index (χ0) is 25.3. The highest BCUT2D eigenvalue weighted by Gasteiger charge is 2.22. The van der Waals surface area contributed by atoms with Gasteiger partial charge in [0.25, 0.3) is 0 Å². The molecule has 4 heterocycles. The minimum Gasteiger partial charge on any atom is -0.455 e. The molecule has 0 saturated heterocycles. The van der Waals surface area contributed by atoms with E-state index in [2.05, 4.69) is 57.5 Å². The van der Waals surface area contributed by atoms with Crippen molar-refractivity contribution in [2.24, 2.45) is 7.05 Å². The maximum absolute atomic E-state index is 11.3. The summed E-state index contributed by atoms with van der Waals surface area (Å²) >= 11 is 0. The smallest absolute Gasteiger partial charge is 0.222 e. The average Bonchev–Trinajstić information content (AvgIpc) is 3.32. The van der Waals surface area contributed by atoms with Crippen molar-refractivity contribution in [1.82, 2.24) is 29.3 Å². The Kier molecular flexibility index (Phi) is 6.13. The van der Waals surface area contributed by atoms with E-state index < -0.39 is 0 Å². The number of rotatable bonds is 6. The van der Waals surface area contributed by atoms with Crippen molar-refractivity contribution < 1.29 is 9.53 Å². The SMILES string of the molecule is CC(=O)Nc1cc(Oc2cnc3nc(Nc4cc(C(C)(C)C)n(CC#N)n4)n(C)c3c2C)ccn1. The van der Waals surface area contributed by atoms with Gasteiger partial charge < -0.3 is 19.9 Å². The van der Waals surface area contributed by atoms with Gasteiger partial charge in [0.2, 0.25) is 11.9 Å². The van der Waals surface area contributed by atoms with E-state index in [1.165, 1.54) is 6.92 Å². The van der Waals surface area contributed by atoms with Gasteiger partial charge in [-0.15, -0.1) is 0 Å². The van der Waals surface area contributed by atoms with Gasteiger partial charge in [-0.05, 0) is 13.0 Å². The molecule has 0 fully saturated rings. The number of amides is 1. The van der Waals surface area contributed by atoms with Gasteiger partial charge in [0, 0.05) is 49.0 Å². The Balaban J connectivity index is 1.65. The summed E-state index contributed by atoms with van der Waals surface area (Å²) in [7, 11) is 1.88. The van der Waals surface area contributed by atoms with E-state index in [1.54, 1.807) is 29.2 Å². The van der Waals surface area contributed by atoms with Gasteiger partial charge in [0.05, 0.1) is 17.8 Å². The molecule has 0 unspecified atom stereocenters. The molecule has 0 aliphatic carbocycles. The largest absolute Gasteiger partial charge is 0.455 e. The van der Waals surface area contributed by atoms with E-state index in [1.807, 2.05) is 24.6 Å². The number of hydrogen-bond acceptors (Lipinski definition) is 8. The minimum absolute atomic E-state index is 0.164. The molecular weight excluding hydrogens is 446 g/mol. The van der Waals surface area contributed by atoms with Gasteiger partial charge in [-0.25, -0.2) is 9.97 Å². The molecule has 11 nitrogen and oxygen atoms in total. The summed E-state index contributed by atoms with van der Waals surface area (Å²) in [6, 6.07) is 7.44. The van der Waals surface area contributed by atoms with Crippen molar-refractivity contribution >= 4 is 34.7 Å². The monoisotopic (exact) mass is 473 g/mol. The van der Waals surface area contributed by atoms with Crippen molar-refractivity contribution in [1.29, 1.82) is 5.26 Å². The summed E-state index contributed by atoms with van der Waals surface area (Å²) < 4.78 is 9.63. The van der Waals surface area contributed by atoms with Gasteiger partial charge in [-0.2, -0.15) is 15.3 Å². The molecule has 2 N–H and O–H groups in total. The lowest BCUT2D eigenvalue weighted by molar-refractivity contribution is -0.114. The molecule has 0 atom stereocenters. The van der Waals surface area contributed by atoms with E-state index >= 15 is 0 Å². The molecule has 0 aliphatic heterocycles. The second kappa shape index (κ2) is 9.06. The number of fused-ring (bicyclic) bond motifs is 1. The molecule has 0 aromatic carbocycles. The first-order valence-electron chi connectivity index (χ1n) is 11.0. The van der Waals surface area contributed by atoms with Gasteiger partial charge >= 0.3 is 0 Å². The summed E-state index contributed by atoms with van der Waals surface area (Å²) in [4.78, 5) is 24.5. The molecular formula is C24H27N9O2. The Morgan fingerprint density at radius 3 is 2.69 bits per heavy atom. The first-order chi connectivity index (χ1) is 16.6. The predicted molar refractivity (Wildman–Crippen MR) is 132 cm³/mol. The van der Waals surface area contributed by atoms with Crippen LogP contribution in [0.25, 0.3) is 11.2 Å². The number of aromatic nitrogens is 6. The quantitative estimate of drug-likeness (QED) is 0.426. The normalized spacial score (nSPS) is 11.3. The van der Waals surface area contributed by atoms with Crippen molar-refractivity contribution in [3.63, 3.8) is 0 Å². The van der Waals surface area contributed by atoms with Crippen molar-refractivity contribution in [3.05, 3.63) is 41.9 Å². The Morgan fingerprint density at radius 2 is 2.00 bits per heavy atom. The Labute approximate surface area is 202 Å². The molecule has 0 aliphatic rings. The van der Waals surface area contributed by atoms with Crippen LogP contribution in [0.3, 0.4) is 0 Å². The number of nitriles is 1. The van der Waals surface area contributed by atoms with Crippen LogP contribution in [0, 0.1) is 18.3 Å². The minimum atomic E-state index is -0.212. The fraction of sp³-hybridized carbons (Fsp3) is 0.333. The number of aryl methyl sites for hydroxylation is 2. The number of ether oxygens (including phenoxy) is 1. The van der Waals surface area contributed by atoms with Crippen LogP contribution in [-0.2, 0) is 23.8 Å². The summed E-state index contributed by atoms with van der Waals surface area (Å²) in [5.41, 5.74) is 2.98. The van der Waals surface area contributed by atoms with Crippen LogP contribution >= 0.6 is 0 Å². The lowest BCUT2D eigenvalue weighted by atomic mass is 9.92. The van der Waals surface area contributed by atoms with Crippen LogP contribution < -0.4 is 15.4 Å². The standard InChI is InChI=1S/C24H27N9O2/c1-14-17(35-16-7-9-26-19(11-16)28-15(2)34)13-27-22-21(14)32(6)23(30-22)29-20-12-18(24(3,4)5)33(31-20)10-8-25/h7,9,11-13H,10H2,1-6H3,(H,26,28,34)(H,27,29,30,31). The molecule has 0 spiro atoms. The maximum Gasteiger partial charge on any atom is 0.222 e. The number of carbonyl (C=O) groups excluding carboxylic acids is 1. The van der Waals surface area contributed by atoms with Crippen molar-refractivity contribution in [2.75, 3.05) is 10.6 Å². The molecule has 1 amide bonds. The molecule has 0 saturated carbocycles. The zero-order valence-corrected chi connectivity index (χ0v) is 20.5. The summed E-state index contributed by atoms with van der Waals surface area (Å²) in [6.07, 6.45) is 3.18. The van der Waals surface area contributed by atoms with Gasteiger partial charge in [0.15, 0.2) is 17.2 Å². The summed E-state index contributed by atoms with van der Waals surface area (Å²) in [5.74, 6) is 2.42. The number of pyridine rings is 2. The topological polar surface area (TPSA) is 136 Å². The maximum atomic E-state index is 11.3. The Bertz CT molecular complexity index is 1450. The fourth-order valence-corrected chi connectivity index (χ4v) is 3.78. The lowest BCUT2D eigenvalue weighted by Gasteiger charge is -2.18. The molecule has 4 aromatic heterocycles. The van der Waals surface area contributed by atoms with Crippen LogP contribution in [0.2, 0.25) is 0 Å². The van der Waals surface area contributed by atoms with Crippen LogP contribution in [0.15, 0.2) is 30.6 Å². The molecule has 4 rings (SSSR count). The molecule has 0 bridgehead atoms. The first kappa shape index (κ1) is 23.7. The van der Waals surface area contributed by atoms with Crippen molar-refractivity contribution in [3.8, 4) is 17.6 Å². The molecule has 4 aromatic rings. The number of nitrogens with one attached hydrogen (secondary N) is 2. The van der Waals surface area contributed by atoms with E-state index in [4.69, 9.17) is 4.74 Å². The highest BCUT2D eigenvalue weighted by molar-refractivity contribution is 5.87. The van der Waals surface area contributed by atoms with Crippen LogP contribution in [0.4, 0.5) is 17.6 Å². The third-order valence-corrected chi connectivity index (χ3v) is 5.38. The summed E-state index contributed by atoms with van der Waals surface area (Å²) in [5, 5.41) is 19.6. The highest BCUT2D eigenvalue weighted by atomic mass is 16.5. The van der Waals surface area contributed by atoms with Crippen LogP contribution in [-0.4, -0.2) is 35.2 Å². The van der Waals surface area contributed by atoms with E-state index in [0.717, 1.165) is 16.8 Å². The second-order valence-corrected chi connectivity index (χ2v) is 9.18. The number of carbonyl (C=O) groups is 1. The number of anilines is 3. The van der Waals surface area contributed by atoms with E-state index in [-0.39, 0.29) is 17.9 Å². The molecule has 11 heteroatoms. The van der Waals surface area contributed by atoms with Gasteiger partial charge in [-0.3, -0.25) is 9.48 Å². The average molecular weight is 474 g/mol. The van der Waals surface area contributed by atoms with Crippen LogP contribution in [0.5, 0.6) is 11.5 Å². The third-order valence-electron chi connectivity index (χ3n) is 5.38. The molecule has 180 valence electrons. The summed E-state index contributed by atoms with van der Waals surface area (Å²) in [6.45, 7) is 9.74. The number of nitrogens with zero attached hydrogens (tertiary/aromatic N) is 7. The first-order valence-corrected chi connectivity index (χ1v) is 11.0. The molecule has 0 radical (unpaired) electrons. The van der Waals surface area contributed by atoms with E-state index in [9.17, 15) is 10.1 Å². The highest BCUT2D eigenvalue weighted by Crippen LogP contribution is 2.32. The molecule has 35 heavy (non-hydrogen) atoms. The zero-order valence-electron chi connectivity index (χ0n) is 20.5. The van der Waals surface area contributed by atoms with Crippen molar-refractivity contribution in [2.45, 2.75) is 46.6 Å². The van der Waals surface area contributed by atoms with Gasteiger partial charge in [0.1, 0.15) is 18.1 Å². The second-order valence-electron chi connectivity index (χ2n) is 9.18. The van der Waals surface area contributed by atoms with Gasteiger partial charge in [-0.1, -0.05) is 20.8 Å². The predicted octanol–water partition coefficient (Wildman–Crippen LogP) is 4.18. The third kappa shape index (κ3) is 4.91. The van der Waals surface area contributed by atoms with Crippen LogP contribution in [0.1, 0.15) is 39.0 Å². The fourth-order valence-electron chi connectivity index (χ4n) is 3.78. The van der Waals surface area contributed by atoms with E-state index in [0.29, 0.717) is 34.7 Å². The lowest BCUT2D eigenvalue weighted by Crippen LogP contribution is -2.18. The Hall–Kier alpha value is -4.46. The Morgan fingerprint density at radius 1 is 1.23 bits per heavy atom.